The van der Waals surface area contributed by atoms with Crippen LogP contribution in [0.4, 0.5) is 4.39 Å². The van der Waals surface area contributed by atoms with Crippen LogP contribution in [0.3, 0.4) is 0 Å². The minimum atomic E-state index is -0.321. The topological polar surface area (TPSA) is 26.3 Å². The Morgan fingerprint density at radius 1 is 1.33 bits per heavy atom. The van der Waals surface area contributed by atoms with E-state index in [0.29, 0.717) is 11.5 Å². The van der Waals surface area contributed by atoms with Crippen LogP contribution in [0, 0.1) is 17.2 Å². The van der Waals surface area contributed by atoms with E-state index in [9.17, 15) is 9.18 Å². The number of benzene rings is 1. The Hall–Kier alpha value is -1.22. The molecule has 0 heterocycles. The molecule has 0 N–H and O–H groups in total. The third-order valence-electron chi connectivity index (χ3n) is 4.17. The zero-order valence-electron chi connectivity index (χ0n) is 13.2. The maximum Gasteiger partial charge on any atom is 0.162 e. The van der Waals surface area contributed by atoms with Crippen molar-refractivity contribution >= 4 is 5.78 Å². The highest BCUT2D eigenvalue weighted by Crippen LogP contribution is 2.39. The number of hydrogen-bond donors (Lipinski definition) is 0. The Balaban J connectivity index is 1.83. The van der Waals surface area contributed by atoms with Gasteiger partial charge in [0.15, 0.2) is 5.78 Å². The molecule has 0 spiro atoms. The Morgan fingerprint density at radius 2 is 2.05 bits per heavy atom. The van der Waals surface area contributed by atoms with E-state index in [-0.39, 0.29) is 36.1 Å². The lowest BCUT2D eigenvalue weighted by Gasteiger charge is -2.38. The molecule has 1 aliphatic carbocycles. The molecule has 21 heavy (non-hydrogen) atoms. The predicted octanol–water partition coefficient (Wildman–Crippen LogP) is 4.17. The minimum absolute atomic E-state index is 0.0591. The fourth-order valence-electron chi connectivity index (χ4n) is 3.50. The van der Waals surface area contributed by atoms with Gasteiger partial charge in [0, 0.05) is 6.42 Å². The maximum atomic E-state index is 13.5. The number of ether oxygens (including phenoxy) is 1. The van der Waals surface area contributed by atoms with Crippen LogP contribution in [0.1, 0.15) is 45.6 Å². The molecule has 2 atom stereocenters. The highest BCUT2D eigenvalue weighted by Gasteiger charge is 2.32. The number of hydrogen-bond acceptors (Lipinski definition) is 2. The first kappa shape index (κ1) is 16.2. The van der Waals surface area contributed by atoms with Gasteiger partial charge in [-0.1, -0.05) is 39.0 Å². The van der Waals surface area contributed by atoms with Crippen molar-refractivity contribution in [3.63, 3.8) is 0 Å². The lowest BCUT2D eigenvalue weighted by atomic mass is 9.71. The van der Waals surface area contributed by atoms with Gasteiger partial charge in [0.2, 0.25) is 0 Å². The molecular formula is C18H25FO2. The SMILES string of the molecule is CC1CC(OCC(=O)Cc2ccccc2F)CC(C)(C)C1. The van der Waals surface area contributed by atoms with Crippen molar-refractivity contribution in [2.45, 2.75) is 52.6 Å². The first-order valence-electron chi connectivity index (χ1n) is 7.72. The fraction of sp³-hybridized carbons (Fsp3) is 0.611. The molecule has 2 rings (SSSR count). The van der Waals surface area contributed by atoms with Crippen LogP contribution in [-0.2, 0) is 16.0 Å². The van der Waals surface area contributed by atoms with Gasteiger partial charge >= 0.3 is 0 Å². The predicted molar refractivity (Wildman–Crippen MR) is 81.6 cm³/mol. The molecule has 1 aliphatic rings. The molecule has 3 heteroatoms. The standard InChI is InChI=1S/C18H25FO2/c1-13-8-16(11-18(2,3)10-13)21-12-15(20)9-14-6-4-5-7-17(14)19/h4-7,13,16H,8-12H2,1-3H3. The average Bonchev–Trinajstić information content (AvgIpc) is 2.37. The summed E-state index contributed by atoms with van der Waals surface area (Å²) >= 11 is 0. The van der Waals surface area contributed by atoms with Gasteiger partial charge < -0.3 is 4.74 Å². The zero-order chi connectivity index (χ0) is 15.5. The number of Topliss-reactive ketones (excluding diaryl/α,β-unsaturated/α-hetero) is 1. The lowest BCUT2D eigenvalue weighted by Crippen LogP contribution is -2.33. The number of ketones is 1. The van der Waals surface area contributed by atoms with E-state index in [1.54, 1.807) is 18.2 Å². The van der Waals surface area contributed by atoms with Crippen molar-refractivity contribution in [3.8, 4) is 0 Å². The highest BCUT2D eigenvalue weighted by atomic mass is 19.1. The second-order valence-corrected chi connectivity index (χ2v) is 7.15. The molecule has 0 saturated heterocycles. The summed E-state index contributed by atoms with van der Waals surface area (Å²) in [5, 5.41) is 0. The summed E-state index contributed by atoms with van der Waals surface area (Å²) in [6.45, 7) is 6.82. The van der Waals surface area contributed by atoms with Crippen molar-refractivity contribution in [3.05, 3.63) is 35.6 Å². The summed E-state index contributed by atoms with van der Waals surface area (Å²) < 4.78 is 19.3. The summed E-state index contributed by atoms with van der Waals surface area (Å²) in [6, 6.07) is 6.41. The normalized spacial score (nSPS) is 24.8. The van der Waals surface area contributed by atoms with E-state index in [2.05, 4.69) is 20.8 Å². The number of halogens is 1. The lowest BCUT2D eigenvalue weighted by molar-refractivity contribution is -0.127. The van der Waals surface area contributed by atoms with E-state index < -0.39 is 0 Å². The Labute approximate surface area is 126 Å². The van der Waals surface area contributed by atoms with E-state index in [1.807, 2.05) is 0 Å². The van der Waals surface area contributed by atoms with Crippen LogP contribution in [0.15, 0.2) is 24.3 Å². The Kier molecular flexibility index (Phi) is 5.15. The van der Waals surface area contributed by atoms with Crippen molar-refractivity contribution in [2.24, 2.45) is 11.3 Å². The number of carbonyl (C=O) groups excluding carboxylic acids is 1. The quantitative estimate of drug-likeness (QED) is 0.814. The second-order valence-electron chi connectivity index (χ2n) is 7.15. The summed E-state index contributed by atoms with van der Waals surface area (Å²) in [5.74, 6) is 0.245. The van der Waals surface area contributed by atoms with Crippen LogP contribution < -0.4 is 0 Å². The van der Waals surface area contributed by atoms with Gasteiger partial charge in [-0.15, -0.1) is 0 Å². The molecule has 0 radical (unpaired) electrons. The van der Waals surface area contributed by atoms with E-state index in [1.165, 1.54) is 12.5 Å². The molecule has 2 nitrogen and oxygen atoms in total. The molecule has 1 fully saturated rings. The molecule has 1 aromatic rings. The van der Waals surface area contributed by atoms with Gasteiger partial charge in [0.05, 0.1) is 6.10 Å². The van der Waals surface area contributed by atoms with Gasteiger partial charge in [-0.25, -0.2) is 4.39 Å². The summed E-state index contributed by atoms with van der Waals surface area (Å²) in [6.07, 6.45) is 3.46. The van der Waals surface area contributed by atoms with E-state index in [4.69, 9.17) is 4.74 Å². The van der Waals surface area contributed by atoms with E-state index >= 15 is 0 Å². The monoisotopic (exact) mass is 292 g/mol. The summed E-state index contributed by atoms with van der Waals surface area (Å²) in [7, 11) is 0. The minimum Gasteiger partial charge on any atom is -0.370 e. The maximum absolute atomic E-state index is 13.5. The fourth-order valence-corrected chi connectivity index (χ4v) is 3.50. The second kappa shape index (κ2) is 6.69. The van der Waals surface area contributed by atoms with E-state index in [0.717, 1.165) is 12.8 Å². The van der Waals surface area contributed by atoms with Crippen molar-refractivity contribution in [1.82, 2.24) is 0 Å². The first-order chi connectivity index (χ1) is 9.85. The Morgan fingerprint density at radius 3 is 2.71 bits per heavy atom. The van der Waals surface area contributed by atoms with Gasteiger partial charge in [0.25, 0.3) is 0 Å². The van der Waals surface area contributed by atoms with Gasteiger partial charge in [0.1, 0.15) is 12.4 Å². The summed E-state index contributed by atoms with van der Waals surface area (Å²) in [5.41, 5.74) is 0.722. The van der Waals surface area contributed by atoms with Crippen LogP contribution in [0.5, 0.6) is 0 Å². The summed E-state index contributed by atoms with van der Waals surface area (Å²) in [4.78, 5) is 12.0. The molecule has 2 unspecified atom stereocenters. The molecule has 1 saturated carbocycles. The van der Waals surface area contributed by atoms with Gasteiger partial charge in [-0.3, -0.25) is 4.79 Å². The molecular weight excluding hydrogens is 267 g/mol. The molecule has 0 aliphatic heterocycles. The number of carbonyl (C=O) groups is 1. The van der Waals surface area contributed by atoms with Crippen molar-refractivity contribution < 1.29 is 13.9 Å². The van der Waals surface area contributed by atoms with Crippen LogP contribution in [0.25, 0.3) is 0 Å². The van der Waals surface area contributed by atoms with Gasteiger partial charge in [-0.05, 0) is 42.2 Å². The van der Waals surface area contributed by atoms with Crippen LogP contribution >= 0.6 is 0 Å². The Bertz CT molecular complexity index is 496. The molecule has 116 valence electrons. The largest absolute Gasteiger partial charge is 0.370 e. The van der Waals surface area contributed by atoms with Crippen molar-refractivity contribution in [2.75, 3.05) is 6.61 Å². The van der Waals surface area contributed by atoms with Gasteiger partial charge in [-0.2, -0.15) is 0 Å². The third kappa shape index (κ3) is 4.92. The first-order valence-corrected chi connectivity index (χ1v) is 7.72. The molecule has 1 aromatic carbocycles. The number of rotatable bonds is 5. The third-order valence-corrected chi connectivity index (χ3v) is 4.17. The zero-order valence-corrected chi connectivity index (χ0v) is 13.2. The molecule has 0 aromatic heterocycles. The smallest absolute Gasteiger partial charge is 0.162 e. The average molecular weight is 292 g/mol. The van der Waals surface area contributed by atoms with Crippen LogP contribution in [-0.4, -0.2) is 18.5 Å². The molecule has 0 amide bonds. The van der Waals surface area contributed by atoms with Crippen LogP contribution in [0.2, 0.25) is 0 Å². The van der Waals surface area contributed by atoms with Crippen molar-refractivity contribution in [1.29, 1.82) is 0 Å². The molecule has 0 bridgehead atoms. The highest BCUT2D eigenvalue weighted by molar-refractivity contribution is 5.82.